The molecular weight excluding hydrogens is 294 g/mol. The highest BCUT2D eigenvalue weighted by Gasteiger charge is 2.27. The molecule has 0 atom stereocenters. The van der Waals surface area contributed by atoms with E-state index in [0.29, 0.717) is 5.00 Å². The molecule has 7 nitrogen and oxygen atoms in total. The molecule has 1 aliphatic carbocycles. The van der Waals surface area contributed by atoms with Crippen molar-refractivity contribution in [3.8, 4) is 0 Å². The fourth-order valence-corrected chi connectivity index (χ4v) is 3.71. The van der Waals surface area contributed by atoms with Gasteiger partial charge in [-0.05, 0) is 31.2 Å². The number of carboxylic acid groups (broad SMARTS) is 1. The van der Waals surface area contributed by atoms with Gasteiger partial charge in [0.2, 0.25) is 5.89 Å². The lowest BCUT2D eigenvalue weighted by atomic mass is 9.95. The second kappa shape index (κ2) is 5.28. The van der Waals surface area contributed by atoms with Crippen molar-refractivity contribution < 1.29 is 19.2 Å². The van der Waals surface area contributed by atoms with Crippen molar-refractivity contribution in [3.05, 3.63) is 27.7 Å². The Hall–Kier alpha value is -2.22. The number of rotatable bonds is 3. The van der Waals surface area contributed by atoms with Gasteiger partial charge in [0.25, 0.3) is 11.7 Å². The first kappa shape index (κ1) is 13.7. The number of amides is 1. The average Bonchev–Trinajstić information content (AvgIpc) is 3.01. The van der Waals surface area contributed by atoms with Crippen molar-refractivity contribution in [3.63, 3.8) is 0 Å². The van der Waals surface area contributed by atoms with Gasteiger partial charge in [0, 0.05) is 11.8 Å². The molecule has 8 heteroatoms. The summed E-state index contributed by atoms with van der Waals surface area (Å²) in [7, 11) is 0. The smallest absolute Gasteiger partial charge is 0.339 e. The zero-order valence-electron chi connectivity index (χ0n) is 11.3. The van der Waals surface area contributed by atoms with Crippen LogP contribution >= 0.6 is 11.3 Å². The second-order valence-electron chi connectivity index (χ2n) is 4.81. The number of anilines is 1. The minimum atomic E-state index is -1.02. The molecule has 2 aromatic heterocycles. The van der Waals surface area contributed by atoms with Crippen LogP contribution in [0.1, 0.15) is 50.1 Å². The summed E-state index contributed by atoms with van der Waals surface area (Å²) in [5, 5.41) is 15.9. The standard InChI is InChI=1S/C13H13N3O4S/c1-6-14-10(16-20-6)11(17)15-12-9(13(18)19)7-4-2-3-5-8(7)21-12/h2-5H2,1H3,(H,15,17)(H,18,19). The lowest BCUT2D eigenvalue weighted by molar-refractivity contribution is 0.0697. The Kier molecular flexibility index (Phi) is 3.46. The number of aryl methyl sites for hydroxylation is 2. The molecule has 0 spiro atoms. The number of aromatic carboxylic acids is 1. The molecule has 0 saturated carbocycles. The number of hydrogen-bond acceptors (Lipinski definition) is 6. The van der Waals surface area contributed by atoms with E-state index in [2.05, 4.69) is 15.5 Å². The van der Waals surface area contributed by atoms with E-state index >= 15 is 0 Å². The first-order valence-electron chi connectivity index (χ1n) is 6.55. The second-order valence-corrected chi connectivity index (χ2v) is 5.92. The fourth-order valence-electron chi connectivity index (χ4n) is 2.43. The van der Waals surface area contributed by atoms with Crippen molar-refractivity contribution in [2.24, 2.45) is 0 Å². The number of thiophene rings is 1. The first-order chi connectivity index (χ1) is 10.1. The maximum absolute atomic E-state index is 12.0. The molecule has 0 aromatic carbocycles. The maximum Gasteiger partial charge on any atom is 0.339 e. The van der Waals surface area contributed by atoms with Crippen molar-refractivity contribution in [1.29, 1.82) is 0 Å². The third-order valence-electron chi connectivity index (χ3n) is 3.34. The molecule has 0 saturated heterocycles. The normalized spacial score (nSPS) is 13.8. The lowest BCUT2D eigenvalue weighted by Gasteiger charge is -2.10. The molecule has 3 rings (SSSR count). The van der Waals surface area contributed by atoms with Crippen LogP contribution < -0.4 is 5.32 Å². The molecule has 1 amide bonds. The number of fused-ring (bicyclic) bond motifs is 1. The van der Waals surface area contributed by atoms with Gasteiger partial charge < -0.3 is 14.9 Å². The minimum absolute atomic E-state index is 0.102. The fraction of sp³-hybridized carbons (Fsp3) is 0.385. The Labute approximate surface area is 124 Å². The van der Waals surface area contributed by atoms with Gasteiger partial charge >= 0.3 is 5.97 Å². The Morgan fingerprint density at radius 1 is 1.33 bits per heavy atom. The molecule has 2 N–H and O–H groups in total. The van der Waals surface area contributed by atoms with E-state index in [4.69, 9.17) is 4.52 Å². The summed E-state index contributed by atoms with van der Waals surface area (Å²) in [5.41, 5.74) is 1.04. The zero-order chi connectivity index (χ0) is 15.0. The van der Waals surface area contributed by atoms with Crippen molar-refractivity contribution in [2.45, 2.75) is 32.6 Å². The number of carbonyl (C=O) groups excluding carboxylic acids is 1. The summed E-state index contributed by atoms with van der Waals surface area (Å²) < 4.78 is 4.75. The van der Waals surface area contributed by atoms with Gasteiger partial charge in [-0.25, -0.2) is 4.79 Å². The van der Waals surface area contributed by atoms with Crippen molar-refractivity contribution in [1.82, 2.24) is 10.1 Å². The summed E-state index contributed by atoms with van der Waals surface area (Å²) in [4.78, 5) is 28.4. The quantitative estimate of drug-likeness (QED) is 0.901. The minimum Gasteiger partial charge on any atom is -0.478 e. The monoisotopic (exact) mass is 307 g/mol. The van der Waals surface area contributed by atoms with Gasteiger partial charge in [0.1, 0.15) is 5.00 Å². The number of hydrogen-bond donors (Lipinski definition) is 2. The highest BCUT2D eigenvalue weighted by atomic mass is 32.1. The Morgan fingerprint density at radius 3 is 2.76 bits per heavy atom. The first-order valence-corrected chi connectivity index (χ1v) is 7.37. The van der Waals surface area contributed by atoms with E-state index in [1.54, 1.807) is 6.92 Å². The van der Waals surface area contributed by atoms with Crippen LogP contribution in [-0.2, 0) is 12.8 Å². The third-order valence-corrected chi connectivity index (χ3v) is 4.55. The Balaban J connectivity index is 1.93. The summed E-state index contributed by atoms with van der Waals surface area (Å²) in [6.07, 6.45) is 3.62. The molecule has 1 aliphatic rings. The SMILES string of the molecule is Cc1nc(C(=O)Nc2sc3c(c2C(=O)O)CCCC3)no1. The van der Waals surface area contributed by atoms with Gasteiger partial charge in [0.05, 0.1) is 5.56 Å². The lowest BCUT2D eigenvalue weighted by Crippen LogP contribution is -2.15. The number of nitrogens with zero attached hydrogens (tertiary/aromatic N) is 2. The van der Waals surface area contributed by atoms with E-state index in [1.807, 2.05) is 0 Å². The van der Waals surface area contributed by atoms with Crippen LogP contribution in [0, 0.1) is 6.92 Å². The summed E-state index contributed by atoms with van der Waals surface area (Å²) in [5.74, 6) is -1.40. The van der Waals surface area contributed by atoms with E-state index in [-0.39, 0.29) is 17.3 Å². The van der Waals surface area contributed by atoms with Gasteiger partial charge in [-0.1, -0.05) is 5.16 Å². The molecule has 2 heterocycles. The van der Waals surface area contributed by atoms with E-state index in [1.165, 1.54) is 11.3 Å². The summed E-state index contributed by atoms with van der Waals surface area (Å²) in [6.45, 7) is 1.58. The largest absolute Gasteiger partial charge is 0.478 e. The van der Waals surface area contributed by atoms with E-state index < -0.39 is 11.9 Å². The van der Waals surface area contributed by atoms with Gasteiger partial charge in [-0.3, -0.25) is 4.79 Å². The third kappa shape index (κ3) is 2.54. The molecule has 0 fully saturated rings. The average molecular weight is 307 g/mol. The Morgan fingerprint density at radius 2 is 2.10 bits per heavy atom. The van der Waals surface area contributed by atoms with Crippen molar-refractivity contribution >= 4 is 28.2 Å². The van der Waals surface area contributed by atoms with Crippen LogP contribution in [0.3, 0.4) is 0 Å². The predicted octanol–water partition coefficient (Wildman–Crippen LogP) is 2.27. The van der Waals surface area contributed by atoms with Crippen LogP contribution in [0.5, 0.6) is 0 Å². The number of nitrogens with one attached hydrogen (secondary N) is 1. The molecule has 0 unspecified atom stereocenters. The van der Waals surface area contributed by atoms with E-state index in [0.717, 1.165) is 36.1 Å². The van der Waals surface area contributed by atoms with Crippen molar-refractivity contribution in [2.75, 3.05) is 5.32 Å². The van der Waals surface area contributed by atoms with Gasteiger partial charge in [0.15, 0.2) is 0 Å². The molecule has 2 aromatic rings. The summed E-state index contributed by atoms with van der Waals surface area (Å²) >= 11 is 1.32. The highest BCUT2D eigenvalue weighted by molar-refractivity contribution is 7.17. The Bertz CT molecular complexity index is 719. The molecular formula is C13H13N3O4S. The summed E-state index contributed by atoms with van der Waals surface area (Å²) in [6, 6.07) is 0. The molecule has 0 aliphatic heterocycles. The molecule has 110 valence electrons. The van der Waals surface area contributed by atoms with Gasteiger partial charge in [-0.15, -0.1) is 11.3 Å². The molecule has 21 heavy (non-hydrogen) atoms. The predicted molar refractivity (Wildman–Crippen MR) is 74.9 cm³/mol. The molecule has 0 bridgehead atoms. The number of carbonyl (C=O) groups is 2. The van der Waals surface area contributed by atoms with Crippen LogP contribution in [-0.4, -0.2) is 27.1 Å². The van der Waals surface area contributed by atoms with Crippen LogP contribution in [0.4, 0.5) is 5.00 Å². The topological polar surface area (TPSA) is 105 Å². The van der Waals surface area contributed by atoms with Crippen LogP contribution in [0.25, 0.3) is 0 Å². The number of carboxylic acids is 1. The van der Waals surface area contributed by atoms with Crippen LogP contribution in [0.15, 0.2) is 4.52 Å². The zero-order valence-corrected chi connectivity index (χ0v) is 12.1. The maximum atomic E-state index is 12.0. The van der Waals surface area contributed by atoms with Gasteiger partial charge in [-0.2, -0.15) is 4.98 Å². The molecule has 0 radical (unpaired) electrons. The van der Waals surface area contributed by atoms with E-state index in [9.17, 15) is 14.7 Å². The highest BCUT2D eigenvalue weighted by Crippen LogP contribution is 2.38. The number of aromatic nitrogens is 2. The van der Waals surface area contributed by atoms with Crippen LogP contribution in [0.2, 0.25) is 0 Å².